The van der Waals surface area contributed by atoms with E-state index in [2.05, 4.69) is 6.92 Å². The number of hydrogen-bond donors (Lipinski definition) is 0. The molecule has 0 saturated heterocycles. The SMILES string of the molecule is CCCC(C(=O)OCC)N(C)CCOC(C)C. The van der Waals surface area contributed by atoms with Crippen LogP contribution in [0.5, 0.6) is 0 Å². The molecule has 0 N–H and O–H groups in total. The van der Waals surface area contributed by atoms with E-state index in [-0.39, 0.29) is 18.1 Å². The first kappa shape index (κ1) is 16.4. The second-order valence-electron chi connectivity index (χ2n) is 4.46. The van der Waals surface area contributed by atoms with Crippen molar-refractivity contribution < 1.29 is 14.3 Å². The summed E-state index contributed by atoms with van der Waals surface area (Å²) in [5, 5.41) is 0. The Bertz CT molecular complexity index is 207. The lowest BCUT2D eigenvalue weighted by Crippen LogP contribution is -2.41. The van der Waals surface area contributed by atoms with Gasteiger partial charge in [-0.25, -0.2) is 0 Å². The van der Waals surface area contributed by atoms with Gasteiger partial charge in [-0.1, -0.05) is 13.3 Å². The Balaban J connectivity index is 4.13. The first-order chi connectivity index (χ1) is 8.02. The first-order valence-corrected chi connectivity index (χ1v) is 6.51. The van der Waals surface area contributed by atoms with Crippen LogP contribution in [0.25, 0.3) is 0 Å². The van der Waals surface area contributed by atoms with Crippen molar-refractivity contribution in [3.8, 4) is 0 Å². The van der Waals surface area contributed by atoms with Gasteiger partial charge in [0.05, 0.1) is 19.3 Å². The summed E-state index contributed by atoms with van der Waals surface area (Å²) in [6.07, 6.45) is 2.03. The van der Waals surface area contributed by atoms with Crippen molar-refractivity contribution in [1.82, 2.24) is 4.90 Å². The Kier molecular flexibility index (Phi) is 9.09. The fraction of sp³-hybridized carbons (Fsp3) is 0.923. The fourth-order valence-electron chi connectivity index (χ4n) is 1.62. The van der Waals surface area contributed by atoms with Crippen molar-refractivity contribution in [3.63, 3.8) is 0 Å². The molecule has 102 valence electrons. The molecule has 0 spiro atoms. The lowest BCUT2D eigenvalue weighted by atomic mass is 10.1. The van der Waals surface area contributed by atoms with E-state index in [0.29, 0.717) is 13.2 Å². The van der Waals surface area contributed by atoms with Crippen LogP contribution < -0.4 is 0 Å². The van der Waals surface area contributed by atoms with Crippen LogP contribution in [0, 0.1) is 0 Å². The molecule has 0 aliphatic rings. The number of ether oxygens (including phenoxy) is 2. The number of hydrogen-bond acceptors (Lipinski definition) is 4. The van der Waals surface area contributed by atoms with E-state index in [1.54, 1.807) is 0 Å². The third-order valence-electron chi connectivity index (χ3n) is 2.55. The highest BCUT2D eigenvalue weighted by Crippen LogP contribution is 2.07. The molecule has 1 atom stereocenters. The lowest BCUT2D eigenvalue weighted by Gasteiger charge is -2.26. The van der Waals surface area contributed by atoms with Crippen LogP contribution in [0.3, 0.4) is 0 Å². The number of esters is 1. The quantitative estimate of drug-likeness (QED) is 0.583. The van der Waals surface area contributed by atoms with Gasteiger partial charge >= 0.3 is 5.97 Å². The predicted molar refractivity (Wildman–Crippen MR) is 69.0 cm³/mol. The zero-order chi connectivity index (χ0) is 13.3. The largest absolute Gasteiger partial charge is 0.465 e. The molecule has 0 aliphatic heterocycles. The summed E-state index contributed by atoms with van der Waals surface area (Å²) in [5.74, 6) is -0.124. The zero-order valence-electron chi connectivity index (χ0n) is 11.9. The van der Waals surface area contributed by atoms with Crippen LogP contribution in [0.2, 0.25) is 0 Å². The second-order valence-corrected chi connectivity index (χ2v) is 4.46. The van der Waals surface area contributed by atoms with E-state index < -0.39 is 0 Å². The third-order valence-corrected chi connectivity index (χ3v) is 2.55. The minimum absolute atomic E-state index is 0.124. The molecule has 0 fully saturated rings. The average molecular weight is 245 g/mol. The topological polar surface area (TPSA) is 38.8 Å². The minimum Gasteiger partial charge on any atom is -0.465 e. The van der Waals surface area contributed by atoms with Gasteiger partial charge in [0.2, 0.25) is 0 Å². The number of rotatable bonds is 9. The Hall–Kier alpha value is -0.610. The number of carbonyl (C=O) groups excluding carboxylic acids is 1. The van der Waals surface area contributed by atoms with Crippen molar-refractivity contribution in [2.75, 3.05) is 26.8 Å². The summed E-state index contributed by atoms with van der Waals surface area (Å²) in [7, 11) is 1.95. The van der Waals surface area contributed by atoms with Crippen LogP contribution >= 0.6 is 0 Å². The Labute approximate surface area is 105 Å². The third kappa shape index (κ3) is 7.34. The fourth-order valence-corrected chi connectivity index (χ4v) is 1.62. The summed E-state index contributed by atoms with van der Waals surface area (Å²) in [6.45, 7) is 9.77. The monoisotopic (exact) mass is 245 g/mol. The molecule has 0 aliphatic carbocycles. The molecule has 0 radical (unpaired) electrons. The Morgan fingerprint density at radius 2 is 1.94 bits per heavy atom. The molecule has 0 aromatic carbocycles. The summed E-state index contributed by atoms with van der Waals surface area (Å²) >= 11 is 0. The van der Waals surface area contributed by atoms with Gasteiger partial charge in [-0.05, 0) is 34.2 Å². The Morgan fingerprint density at radius 3 is 2.41 bits per heavy atom. The van der Waals surface area contributed by atoms with Crippen LogP contribution in [-0.4, -0.2) is 49.8 Å². The predicted octanol–water partition coefficient (Wildman–Crippen LogP) is 2.08. The van der Waals surface area contributed by atoms with E-state index in [4.69, 9.17) is 9.47 Å². The van der Waals surface area contributed by atoms with Crippen molar-refractivity contribution >= 4 is 5.97 Å². The molecule has 4 heteroatoms. The molecule has 0 aromatic heterocycles. The van der Waals surface area contributed by atoms with Crippen molar-refractivity contribution in [3.05, 3.63) is 0 Å². The number of carbonyl (C=O) groups is 1. The number of likely N-dealkylation sites (N-methyl/N-ethyl adjacent to an activating group) is 1. The maximum absolute atomic E-state index is 11.8. The van der Waals surface area contributed by atoms with Gasteiger partial charge in [-0.15, -0.1) is 0 Å². The maximum Gasteiger partial charge on any atom is 0.323 e. The molecule has 0 rings (SSSR count). The minimum atomic E-state index is -0.143. The van der Waals surface area contributed by atoms with Gasteiger partial charge in [-0.3, -0.25) is 9.69 Å². The summed E-state index contributed by atoms with van der Waals surface area (Å²) in [6, 6.07) is -0.143. The van der Waals surface area contributed by atoms with Gasteiger partial charge in [0.1, 0.15) is 6.04 Å². The van der Waals surface area contributed by atoms with E-state index in [1.165, 1.54) is 0 Å². The first-order valence-electron chi connectivity index (χ1n) is 6.51. The zero-order valence-corrected chi connectivity index (χ0v) is 11.9. The highest BCUT2D eigenvalue weighted by atomic mass is 16.5. The van der Waals surface area contributed by atoms with Gasteiger partial charge in [0.15, 0.2) is 0 Å². The molecule has 0 aromatic rings. The smallest absolute Gasteiger partial charge is 0.323 e. The molecule has 0 heterocycles. The van der Waals surface area contributed by atoms with Gasteiger partial charge in [0, 0.05) is 6.54 Å². The highest BCUT2D eigenvalue weighted by Gasteiger charge is 2.23. The normalized spacial score (nSPS) is 13.1. The molecule has 17 heavy (non-hydrogen) atoms. The molecular formula is C13H27NO3. The summed E-state index contributed by atoms with van der Waals surface area (Å²) < 4.78 is 10.6. The summed E-state index contributed by atoms with van der Waals surface area (Å²) in [5.41, 5.74) is 0. The van der Waals surface area contributed by atoms with Crippen molar-refractivity contribution in [2.45, 2.75) is 52.7 Å². The van der Waals surface area contributed by atoms with Crippen molar-refractivity contribution in [1.29, 1.82) is 0 Å². The van der Waals surface area contributed by atoms with E-state index in [0.717, 1.165) is 19.4 Å². The van der Waals surface area contributed by atoms with Gasteiger partial charge in [-0.2, -0.15) is 0 Å². The molecule has 1 unspecified atom stereocenters. The molecule has 4 nitrogen and oxygen atoms in total. The molecule has 0 saturated carbocycles. The average Bonchev–Trinajstić information content (AvgIpc) is 2.25. The van der Waals surface area contributed by atoms with Crippen LogP contribution in [-0.2, 0) is 14.3 Å². The maximum atomic E-state index is 11.8. The van der Waals surface area contributed by atoms with Crippen LogP contribution in [0.1, 0.15) is 40.5 Å². The molecule has 0 bridgehead atoms. The lowest BCUT2D eigenvalue weighted by molar-refractivity contribution is -0.149. The second kappa shape index (κ2) is 9.42. The van der Waals surface area contributed by atoms with E-state index in [9.17, 15) is 4.79 Å². The van der Waals surface area contributed by atoms with Crippen LogP contribution in [0.4, 0.5) is 0 Å². The van der Waals surface area contributed by atoms with E-state index in [1.807, 2.05) is 32.7 Å². The Morgan fingerprint density at radius 1 is 1.29 bits per heavy atom. The van der Waals surface area contributed by atoms with Crippen molar-refractivity contribution in [2.24, 2.45) is 0 Å². The molecular weight excluding hydrogens is 218 g/mol. The highest BCUT2D eigenvalue weighted by molar-refractivity contribution is 5.75. The van der Waals surface area contributed by atoms with E-state index >= 15 is 0 Å². The number of nitrogens with zero attached hydrogens (tertiary/aromatic N) is 1. The van der Waals surface area contributed by atoms with Crippen LogP contribution in [0.15, 0.2) is 0 Å². The molecule has 0 amide bonds. The standard InChI is InChI=1S/C13H27NO3/c1-6-8-12(13(15)16-7-2)14(5)9-10-17-11(3)4/h11-12H,6-10H2,1-5H3. The summed E-state index contributed by atoms with van der Waals surface area (Å²) in [4.78, 5) is 13.8. The van der Waals surface area contributed by atoms with Gasteiger partial charge < -0.3 is 9.47 Å². The van der Waals surface area contributed by atoms with Gasteiger partial charge in [0.25, 0.3) is 0 Å².